The second kappa shape index (κ2) is 8.15. The van der Waals surface area contributed by atoms with E-state index in [1.165, 1.54) is 12.0 Å². The molecular weight excluding hydrogens is 222 g/mol. The highest BCUT2D eigenvalue weighted by Crippen LogP contribution is 2.21. The van der Waals surface area contributed by atoms with Crippen molar-refractivity contribution in [1.82, 2.24) is 5.32 Å². The summed E-state index contributed by atoms with van der Waals surface area (Å²) in [6.07, 6.45) is 2.34. The third kappa shape index (κ3) is 5.09. The van der Waals surface area contributed by atoms with E-state index in [1.54, 1.807) is 0 Å². The standard InChI is InChI=1S/C16H27NO/c1-5-11-17-14(4)12-18-16-9-7-15(8-10-16)13(3)6-2/h7-10,13-14,17H,5-6,11-12H2,1-4H3. The van der Waals surface area contributed by atoms with E-state index in [9.17, 15) is 0 Å². The Morgan fingerprint density at radius 3 is 2.33 bits per heavy atom. The van der Waals surface area contributed by atoms with Gasteiger partial charge in [0.05, 0.1) is 0 Å². The Morgan fingerprint density at radius 1 is 1.11 bits per heavy atom. The summed E-state index contributed by atoms with van der Waals surface area (Å²) in [4.78, 5) is 0. The lowest BCUT2D eigenvalue weighted by atomic mass is 9.99. The topological polar surface area (TPSA) is 21.3 Å². The molecule has 1 aromatic rings. The normalized spacial score (nSPS) is 14.2. The highest BCUT2D eigenvalue weighted by atomic mass is 16.5. The summed E-state index contributed by atoms with van der Waals surface area (Å²) in [5.74, 6) is 1.59. The molecule has 0 aliphatic carbocycles. The quantitative estimate of drug-likeness (QED) is 0.753. The molecule has 0 fully saturated rings. The average Bonchev–Trinajstić information content (AvgIpc) is 2.42. The fraction of sp³-hybridized carbons (Fsp3) is 0.625. The lowest BCUT2D eigenvalue weighted by molar-refractivity contribution is 0.273. The van der Waals surface area contributed by atoms with Crippen molar-refractivity contribution >= 4 is 0 Å². The number of nitrogens with one attached hydrogen (secondary N) is 1. The lowest BCUT2D eigenvalue weighted by Gasteiger charge is -2.15. The molecular formula is C16H27NO. The Labute approximate surface area is 112 Å². The van der Waals surface area contributed by atoms with Gasteiger partial charge in [-0.05, 0) is 49.9 Å². The molecule has 0 spiro atoms. The molecule has 2 unspecified atom stereocenters. The van der Waals surface area contributed by atoms with Gasteiger partial charge in [-0.3, -0.25) is 0 Å². The Hall–Kier alpha value is -1.02. The van der Waals surface area contributed by atoms with Crippen LogP contribution in [-0.2, 0) is 0 Å². The molecule has 0 bridgehead atoms. The van der Waals surface area contributed by atoms with Gasteiger partial charge in [0.1, 0.15) is 12.4 Å². The Bertz CT molecular complexity index is 320. The fourth-order valence-electron chi connectivity index (χ4n) is 1.80. The van der Waals surface area contributed by atoms with E-state index in [-0.39, 0.29) is 0 Å². The minimum Gasteiger partial charge on any atom is -0.492 e. The monoisotopic (exact) mass is 249 g/mol. The first-order valence-corrected chi connectivity index (χ1v) is 7.13. The van der Waals surface area contributed by atoms with Gasteiger partial charge in [0.15, 0.2) is 0 Å². The summed E-state index contributed by atoms with van der Waals surface area (Å²) in [5.41, 5.74) is 1.39. The molecule has 0 heterocycles. The maximum Gasteiger partial charge on any atom is 0.119 e. The van der Waals surface area contributed by atoms with Crippen molar-refractivity contribution in [2.24, 2.45) is 0 Å². The maximum absolute atomic E-state index is 5.77. The van der Waals surface area contributed by atoms with Gasteiger partial charge in [0.25, 0.3) is 0 Å². The minimum absolute atomic E-state index is 0.402. The van der Waals surface area contributed by atoms with Crippen molar-refractivity contribution in [2.75, 3.05) is 13.2 Å². The maximum atomic E-state index is 5.77. The summed E-state index contributed by atoms with van der Waals surface area (Å²) in [5, 5.41) is 3.42. The van der Waals surface area contributed by atoms with E-state index < -0.39 is 0 Å². The molecule has 1 N–H and O–H groups in total. The summed E-state index contributed by atoms with van der Waals surface area (Å²) in [6, 6.07) is 8.91. The van der Waals surface area contributed by atoms with E-state index in [4.69, 9.17) is 4.74 Å². The Morgan fingerprint density at radius 2 is 1.78 bits per heavy atom. The third-order valence-corrected chi connectivity index (χ3v) is 3.30. The van der Waals surface area contributed by atoms with Crippen molar-refractivity contribution < 1.29 is 4.74 Å². The van der Waals surface area contributed by atoms with Crippen LogP contribution in [0.3, 0.4) is 0 Å². The molecule has 0 radical (unpaired) electrons. The zero-order valence-electron chi connectivity index (χ0n) is 12.2. The summed E-state index contributed by atoms with van der Waals surface area (Å²) >= 11 is 0. The van der Waals surface area contributed by atoms with Gasteiger partial charge in [-0.1, -0.05) is 32.9 Å². The van der Waals surface area contributed by atoms with Crippen molar-refractivity contribution in [3.63, 3.8) is 0 Å². The molecule has 2 heteroatoms. The Kier molecular flexibility index (Phi) is 6.81. The van der Waals surface area contributed by atoms with Crippen LogP contribution < -0.4 is 10.1 Å². The van der Waals surface area contributed by atoms with E-state index in [2.05, 4.69) is 57.3 Å². The van der Waals surface area contributed by atoms with Gasteiger partial charge in [-0.2, -0.15) is 0 Å². The highest BCUT2D eigenvalue weighted by molar-refractivity contribution is 5.29. The molecule has 2 atom stereocenters. The first kappa shape index (κ1) is 15.0. The summed E-state index contributed by atoms with van der Waals surface area (Å²) in [7, 11) is 0. The first-order valence-electron chi connectivity index (χ1n) is 7.13. The molecule has 0 saturated heterocycles. The number of rotatable bonds is 8. The first-order chi connectivity index (χ1) is 8.67. The third-order valence-electron chi connectivity index (χ3n) is 3.30. The predicted octanol–water partition coefficient (Wildman–Crippen LogP) is 3.97. The molecule has 1 rings (SSSR count). The summed E-state index contributed by atoms with van der Waals surface area (Å²) < 4.78 is 5.77. The molecule has 0 aliphatic rings. The molecule has 0 saturated carbocycles. The number of hydrogen-bond donors (Lipinski definition) is 1. The number of benzene rings is 1. The lowest BCUT2D eigenvalue weighted by Crippen LogP contribution is -2.32. The molecule has 0 amide bonds. The van der Waals surface area contributed by atoms with Crippen LogP contribution in [0.4, 0.5) is 0 Å². The molecule has 2 nitrogen and oxygen atoms in total. The second-order valence-corrected chi connectivity index (χ2v) is 5.04. The van der Waals surface area contributed by atoms with Gasteiger partial charge in [-0.25, -0.2) is 0 Å². The van der Waals surface area contributed by atoms with E-state index in [0.717, 1.165) is 25.3 Å². The smallest absolute Gasteiger partial charge is 0.119 e. The molecule has 0 aromatic heterocycles. The van der Waals surface area contributed by atoms with Crippen molar-refractivity contribution in [3.8, 4) is 5.75 Å². The predicted molar refractivity (Wildman–Crippen MR) is 78.4 cm³/mol. The van der Waals surface area contributed by atoms with E-state index in [0.29, 0.717) is 12.0 Å². The van der Waals surface area contributed by atoms with Crippen LogP contribution in [0.5, 0.6) is 5.75 Å². The SMILES string of the molecule is CCCNC(C)COc1ccc(C(C)CC)cc1. The molecule has 1 aromatic carbocycles. The van der Waals surface area contributed by atoms with Crippen molar-refractivity contribution in [1.29, 1.82) is 0 Å². The molecule has 102 valence electrons. The van der Waals surface area contributed by atoms with Crippen LogP contribution in [0.15, 0.2) is 24.3 Å². The fourth-order valence-corrected chi connectivity index (χ4v) is 1.80. The number of hydrogen-bond acceptors (Lipinski definition) is 2. The van der Waals surface area contributed by atoms with Crippen LogP contribution in [0.1, 0.15) is 52.0 Å². The van der Waals surface area contributed by atoms with E-state index in [1.807, 2.05) is 0 Å². The van der Waals surface area contributed by atoms with E-state index >= 15 is 0 Å². The van der Waals surface area contributed by atoms with Crippen molar-refractivity contribution in [2.45, 2.75) is 52.5 Å². The van der Waals surface area contributed by atoms with Crippen LogP contribution in [0, 0.1) is 0 Å². The minimum atomic E-state index is 0.402. The average molecular weight is 249 g/mol. The molecule has 18 heavy (non-hydrogen) atoms. The summed E-state index contributed by atoms with van der Waals surface area (Å²) in [6.45, 7) is 10.6. The second-order valence-electron chi connectivity index (χ2n) is 5.04. The zero-order chi connectivity index (χ0) is 13.4. The highest BCUT2D eigenvalue weighted by Gasteiger charge is 2.04. The van der Waals surface area contributed by atoms with Crippen LogP contribution in [0.2, 0.25) is 0 Å². The zero-order valence-corrected chi connectivity index (χ0v) is 12.2. The van der Waals surface area contributed by atoms with Gasteiger partial charge >= 0.3 is 0 Å². The Balaban J connectivity index is 2.39. The van der Waals surface area contributed by atoms with Crippen LogP contribution in [0.25, 0.3) is 0 Å². The number of ether oxygens (including phenoxy) is 1. The largest absolute Gasteiger partial charge is 0.492 e. The van der Waals surface area contributed by atoms with Crippen molar-refractivity contribution in [3.05, 3.63) is 29.8 Å². The van der Waals surface area contributed by atoms with Gasteiger partial charge in [-0.15, -0.1) is 0 Å². The molecule has 0 aliphatic heterocycles. The van der Waals surface area contributed by atoms with Crippen LogP contribution in [-0.4, -0.2) is 19.2 Å². The van der Waals surface area contributed by atoms with Crippen LogP contribution >= 0.6 is 0 Å². The van der Waals surface area contributed by atoms with Gasteiger partial charge in [0, 0.05) is 6.04 Å². The van der Waals surface area contributed by atoms with Gasteiger partial charge in [0.2, 0.25) is 0 Å². The van der Waals surface area contributed by atoms with Gasteiger partial charge < -0.3 is 10.1 Å².